The maximum absolute atomic E-state index is 9.77. The van der Waals surface area contributed by atoms with Crippen LogP contribution in [0.3, 0.4) is 0 Å². The van der Waals surface area contributed by atoms with Gasteiger partial charge in [0.15, 0.2) is 11.7 Å². The smallest absolute Gasteiger partial charge is 0.161 e. The highest BCUT2D eigenvalue weighted by atomic mass is 15.0. The quantitative estimate of drug-likeness (QED) is 0.138. The molecule has 0 aromatic heterocycles. The lowest BCUT2D eigenvalue weighted by Gasteiger charge is -2.16. The minimum Gasteiger partial charge on any atom is -0.261 e. The van der Waals surface area contributed by atoms with Crippen molar-refractivity contribution in [2.45, 2.75) is 6.54 Å². The van der Waals surface area contributed by atoms with E-state index < -0.39 is 0 Å². The lowest BCUT2D eigenvalue weighted by molar-refractivity contribution is 1.06. The molecule has 0 saturated carbocycles. The summed E-state index contributed by atoms with van der Waals surface area (Å²) >= 11 is 0. The zero-order chi connectivity index (χ0) is 32.0. The monoisotopic (exact) mass is 602 g/mol. The second-order valence-electron chi connectivity index (χ2n) is 11.2. The average molecular weight is 603 g/mol. The molecule has 0 fully saturated rings. The summed E-state index contributed by atoms with van der Waals surface area (Å²) in [5, 5.41) is 14.1. The standard InChI is InChI=1S/C43H30N4/c1-45-42(33-13-4-2-5-14-33)47-43(34-15-6-3-7-16-34)46-29-30-20-22-32(23-21-30)41-37-18-9-8-12-31(37)24-27-40(41)39-26-25-35(28-44)36-17-10-11-19-38(36)39/h2-27H,1,29H2. The molecule has 4 heteroatoms. The van der Waals surface area contributed by atoms with E-state index in [4.69, 9.17) is 9.98 Å². The van der Waals surface area contributed by atoms with Gasteiger partial charge in [-0.25, -0.2) is 9.98 Å². The summed E-state index contributed by atoms with van der Waals surface area (Å²) in [6.07, 6.45) is 0. The molecule has 0 amide bonds. The maximum Gasteiger partial charge on any atom is 0.161 e. The summed E-state index contributed by atoms with van der Waals surface area (Å²) in [6.45, 7) is 4.22. The van der Waals surface area contributed by atoms with Crippen LogP contribution < -0.4 is 0 Å². The van der Waals surface area contributed by atoms with E-state index >= 15 is 0 Å². The summed E-state index contributed by atoms with van der Waals surface area (Å²) < 4.78 is 0. The first-order chi connectivity index (χ1) is 23.2. The molecule has 0 radical (unpaired) electrons. The fourth-order valence-corrected chi connectivity index (χ4v) is 6.04. The van der Waals surface area contributed by atoms with Crippen LogP contribution in [0.5, 0.6) is 0 Å². The van der Waals surface area contributed by atoms with Crippen LogP contribution in [0.25, 0.3) is 43.8 Å². The van der Waals surface area contributed by atoms with Gasteiger partial charge in [0.05, 0.1) is 18.2 Å². The number of hydrogen-bond donors (Lipinski definition) is 0. The van der Waals surface area contributed by atoms with Crippen molar-refractivity contribution in [2.24, 2.45) is 15.0 Å². The molecular weight excluding hydrogens is 573 g/mol. The van der Waals surface area contributed by atoms with E-state index in [0.29, 0.717) is 23.8 Å². The van der Waals surface area contributed by atoms with Crippen LogP contribution in [0.2, 0.25) is 0 Å². The topological polar surface area (TPSA) is 60.9 Å². The van der Waals surface area contributed by atoms with Gasteiger partial charge >= 0.3 is 0 Å². The lowest BCUT2D eigenvalue weighted by Crippen LogP contribution is -2.05. The van der Waals surface area contributed by atoms with Gasteiger partial charge in [-0.1, -0.05) is 152 Å². The fourth-order valence-electron chi connectivity index (χ4n) is 6.04. The van der Waals surface area contributed by atoms with Crippen molar-refractivity contribution >= 4 is 39.9 Å². The third-order valence-electron chi connectivity index (χ3n) is 8.34. The highest BCUT2D eigenvalue weighted by Gasteiger charge is 2.15. The third kappa shape index (κ3) is 5.99. The Hall–Kier alpha value is -6.44. The van der Waals surface area contributed by atoms with Crippen molar-refractivity contribution in [2.75, 3.05) is 0 Å². The van der Waals surface area contributed by atoms with Crippen LogP contribution in [0.15, 0.2) is 173 Å². The van der Waals surface area contributed by atoms with Gasteiger partial charge in [-0.2, -0.15) is 5.26 Å². The van der Waals surface area contributed by atoms with E-state index in [2.05, 4.69) is 90.6 Å². The van der Waals surface area contributed by atoms with Crippen LogP contribution in [-0.2, 0) is 6.54 Å². The zero-order valence-corrected chi connectivity index (χ0v) is 25.7. The summed E-state index contributed by atoms with van der Waals surface area (Å²) in [5.74, 6) is 1.13. The molecule has 0 bridgehead atoms. The Morgan fingerprint density at radius 1 is 0.553 bits per heavy atom. The first kappa shape index (κ1) is 29.3. The molecule has 0 aliphatic rings. The Labute approximate surface area is 274 Å². The Kier molecular flexibility index (Phi) is 8.27. The first-order valence-corrected chi connectivity index (χ1v) is 15.5. The number of amidine groups is 2. The predicted molar refractivity (Wildman–Crippen MR) is 196 cm³/mol. The minimum absolute atomic E-state index is 0.454. The highest BCUT2D eigenvalue weighted by Crippen LogP contribution is 2.41. The summed E-state index contributed by atoms with van der Waals surface area (Å²) in [7, 11) is 0. The largest absolute Gasteiger partial charge is 0.261 e. The summed E-state index contributed by atoms with van der Waals surface area (Å²) in [4.78, 5) is 14.0. The van der Waals surface area contributed by atoms with Crippen LogP contribution in [0, 0.1) is 11.3 Å². The highest BCUT2D eigenvalue weighted by molar-refractivity contribution is 6.13. The van der Waals surface area contributed by atoms with E-state index in [1.54, 1.807) is 0 Å². The van der Waals surface area contributed by atoms with Gasteiger partial charge in [0.2, 0.25) is 0 Å². The molecule has 0 spiro atoms. The molecule has 0 aliphatic heterocycles. The molecule has 4 nitrogen and oxygen atoms in total. The van der Waals surface area contributed by atoms with Crippen LogP contribution in [-0.4, -0.2) is 18.4 Å². The van der Waals surface area contributed by atoms with E-state index in [0.717, 1.165) is 49.7 Å². The van der Waals surface area contributed by atoms with Crippen molar-refractivity contribution in [3.8, 4) is 28.3 Å². The Bertz CT molecular complexity index is 2330. The Balaban J connectivity index is 1.30. The van der Waals surface area contributed by atoms with Gasteiger partial charge in [-0.15, -0.1) is 0 Å². The molecule has 7 aromatic carbocycles. The van der Waals surface area contributed by atoms with E-state index in [1.807, 2.05) is 84.9 Å². The Morgan fingerprint density at radius 3 is 1.83 bits per heavy atom. The molecular formula is C43H30N4. The van der Waals surface area contributed by atoms with Crippen molar-refractivity contribution in [1.82, 2.24) is 0 Å². The number of benzene rings is 7. The molecule has 47 heavy (non-hydrogen) atoms. The number of hydrogen-bond acceptors (Lipinski definition) is 2. The molecule has 0 unspecified atom stereocenters. The van der Waals surface area contributed by atoms with Gasteiger partial charge in [0.25, 0.3) is 0 Å². The third-order valence-corrected chi connectivity index (χ3v) is 8.34. The van der Waals surface area contributed by atoms with Gasteiger partial charge < -0.3 is 0 Å². The molecule has 7 rings (SSSR count). The molecule has 0 heterocycles. The second kappa shape index (κ2) is 13.3. The summed E-state index contributed by atoms with van der Waals surface area (Å²) in [5.41, 5.74) is 8.04. The maximum atomic E-state index is 9.77. The average Bonchev–Trinajstić information content (AvgIpc) is 3.15. The predicted octanol–water partition coefficient (Wildman–Crippen LogP) is 10.3. The minimum atomic E-state index is 0.454. The van der Waals surface area contributed by atoms with E-state index in [-0.39, 0.29) is 0 Å². The van der Waals surface area contributed by atoms with Crippen LogP contribution in [0.4, 0.5) is 0 Å². The normalized spacial score (nSPS) is 11.8. The first-order valence-electron chi connectivity index (χ1n) is 15.5. The summed E-state index contributed by atoms with van der Waals surface area (Å²) in [6, 6.07) is 55.8. The van der Waals surface area contributed by atoms with Crippen LogP contribution >= 0.6 is 0 Å². The second-order valence-corrected chi connectivity index (χ2v) is 11.2. The van der Waals surface area contributed by atoms with E-state index in [1.165, 1.54) is 10.8 Å². The van der Waals surface area contributed by atoms with E-state index in [9.17, 15) is 5.26 Å². The van der Waals surface area contributed by atoms with Crippen molar-refractivity contribution in [1.29, 1.82) is 5.26 Å². The number of aliphatic imine (C=N–C) groups is 3. The molecule has 7 aromatic rings. The number of nitrogens with zero attached hydrogens (tertiary/aromatic N) is 4. The molecule has 0 saturated heterocycles. The van der Waals surface area contributed by atoms with Gasteiger partial charge in [-0.05, 0) is 56.8 Å². The SMILES string of the molecule is C=NC(=NC(=NCc1ccc(-c2c(-c3ccc(C#N)c4ccccc34)ccc3ccccc23)cc1)c1ccccc1)c1ccccc1. The molecule has 0 N–H and O–H groups in total. The lowest BCUT2D eigenvalue weighted by atomic mass is 9.87. The van der Waals surface area contributed by atoms with Crippen molar-refractivity contribution < 1.29 is 0 Å². The fraction of sp³-hybridized carbons (Fsp3) is 0.0233. The van der Waals surface area contributed by atoms with Gasteiger partial charge in [0.1, 0.15) is 0 Å². The zero-order valence-electron chi connectivity index (χ0n) is 25.7. The Morgan fingerprint density at radius 2 is 1.15 bits per heavy atom. The van der Waals surface area contributed by atoms with Crippen molar-refractivity contribution in [3.05, 3.63) is 180 Å². The van der Waals surface area contributed by atoms with Gasteiger partial charge in [0, 0.05) is 16.5 Å². The van der Waals surface area contributed by atoms with Crippen molar-refractivity contribution in [3.63, 3.8) is 0 Å². The molecule has 222 valence electrons. The van der Waals surface area contributed by atoms with Crippen LogP contribution in [0.1, 0.15) is 22.3 Å². The number of nitriles is 1. The van der Waals surface area contributed by atoms with Gasteiger partial charge in [-0.3, -0.25) is 4.99 Å². The molecule has 0 atom stereocenters. The molecule has 0 aliphatic carbocycles. The number of rotatable bonds is 6. The number of fused-ring (bicyclic) bond motifs is 2.